The van der Waals surface area contributed by atoms with E-state index in [4.69, 9.17) is 21.1 Å². The summed E-state index contributed by atoms with van der Waals surface area (Å²) in [6, 6.07) is 11.3. The summed E-state index contributed by atoms with van der Waals surface area (Å²) in [5, 5.41) is 0. The molecule has 0 amide bonds. The van der Waals surface area contributed by atoms with Gasteiger partial charge in [0, 0.05) is 4.88 Å². The maximum atomic E-state index is 11.9. The number of benzene rings is 1. The van der Waals surface area contributed by atoms with Crippen molar-refractivity contribution in [3.05, 3.63) is 51.2 Å². The largest absolute Gasteiger partial charge is 0.492 e. The second-order valence-electron chi connectivity index (χ2n) is 4.29. The molecule has 0 spiro atoms. The van der Waals surface area contributed by atoms with Crippen molar-refractivity contribution in [3.8, 4) is 5.75 Å². The molecule has 0 fully saturated rings. The number of methoxy groups -OCH3 is 1. The van der Waals surface area contributed by atoms with Crippen LogP contribution >= 0.6 is 22.9 Å². The van der Waals surface area contributed by atoms with Gasteiger partial charge in [0.2, 0.25) is 0 Å². The van der Waals surface area contributed by atoms with Gasteiger partial charge in [-0.25, -0.2) is 0 Å². The Morgan fingerprint density at radius 3 is 2.65 bits per heavy atom. The SMILES string of the molecule is COC(=O)C(COc1ccccc1C)c1ccc(Cl)s1. The van der Waals surface area contributed by atoms with Crippen molar-refractivity contribution in [2.75, 3.05) is 13.7 Å². The molecule has 20 heavy (non-hydrogen) atoms. The molecule has 1 aromatic heterocycles. The van der Waals surface area contributed by atoms with E-state index in [1.807, 2.05) is 37.3 Å². The molecule has 1 unspecified atom stereocenters. The lowest BCUT2D eigenvalue weighted by Crippen LogP contribution is -2.20. The predicted molar refractivity (Wildman–Crippen MR) is 80.8 cm³/mol. The number of rotatable bonds is 5. The Morgan fingerprint density at radius 1 is 1.30 bits per heavy atom. The van der Waals surface area contributed by atoms with E-state index in [9.17, 15) is 4.79 Å². The lowest BCUT2D eigenvalue weighted by molar-refractivity contribution is -0.143. The highest BCUT2D eigenvalue weighted by Gasteiger charge is 2.24. The second kappa shape index (κ2) is 6.77. The van der Waals surface area contributed by atoms with E-state index in [0.29, 0.717) is 4.34 Å². The van der Waals surface area contributed by atoms with E-state index >= 15 is 0 Å². The predicted octanol–water partition coefficient (Wildman–Crippen LogP) is 4.05. The molecule has 0 bridgehead atoms. The van der Waals surface area contributed by atoms with Crippen molar-refractivity contribution in [3.63, 3.8) is 0 Å². The Morgan fingerprint density at radius 2 is 2.05 bits per heavy atom. The molecule has 1 atom stereocenters. The smallest absolute Gasteiger partial charge is 0.317 e. The monoisotopic (exact) mass is 310 g/mol. The summed E-state index contributed by atoms with van der Waals surface area (Å²) in [6.45, 7) is 2.19. The van der Waals surface area contributed by atoms with E-state index in [1.54, 1.807) is 6.07 Å². The third-order valence-electron chi connectivity index (χ3n) is 2.92. The van der Waals surface area contributed by atoms with E-state index in [-0.39, 0.29) is 12.6 Å². The van der Waals surface area contributed by atoms with Gasteiger partial charge in [-0.15, -0.1) is 11.3 Å². The van der Waals surface area contributed by atoms with Crippen LogP contribution < -0.4 is 4.74 Å². The van der Waals surface area contributed by atoms with Crippen molar-refractivity contribution in [1.82, 2.24) is 0 Å². The van der Waals surface area contributed by atoms with Crippen LogP contribution in [0.2, 0.25) is 4.34 Å². The average molecular weight is 311 g/mol. The molecule has 1 aromatic carbocycles. The van der Waals surface area contributed by atoms with Gasteiger partial charge in [-0.2, -0.15) is 0 Å². The quantitative estimate of drug-likeness (QED) is 0.782. The second-order valence-corrected chi connectivity index (χ2v) is 6.04. The number of carbonyl (C=O) groups excluding carboxylic acids is 1. The Kier molecular flexibility index (Phi) is 5.04. The molecule has 0 N–H and O–H groups in total. The van der Waals surface area contributed by atoms with Crippen molar-refractivity contribution in [1.29, 1.82) is 0 Å². The highest BCUT2D eigenvalue weighted by Crippen LogP contribution is 2.30. The molecule has 106 valence electrons. The fourth-order valence-electron chi connectivity index (χ4n) is 1.82. The van der Waals surface area contributed by atoms with Crippen LogP contribution in [0.3, 0.4) is 0 Å². The highest BCUT2D eigenvalue weighted by molar-refractivity contribution is 7.16. The first-order valence-corrected chi connectivity index (χ1v) is 7.32. The van der Waals surface area contributed by atoms with Crippen molar-refractivity contribution < 1.29 is 14.3 Å². The van der Waals surface area contributed by atoms with E-state index in [0.717, 1.165) is 16.2 Å². The zero-order chi connectivity index (χ0) is 14.5. The van der Waals surface area contributed by atoms with Crippen LogP contribution in [0.5, 0.6) is 5.75 Å². The molecule has 0 saturated heterocycles. The van der Waals surface area contributed by atoms with Crippen LogP contribution in [-0.4, -0.2) is 19.7 Å². The Labute approximate surface area is 127 Å². The first-order chi connectivity index (χ1) is 9.61. The van der Waals surface area contributed by atoms with Crippen LogP contribution in [-0.2, 0) is 9.53 Å². The third kappa shape index (κ3) is 3.52. The first-order valence-electron chi connectivity index (χ1n) is 6.13. The molecule has 0 saturated carbocycles. The van der Waals surface area contributed by atoms with Gasteiger partial charge in [0.15, 0.2) is 0 Å². The molecular weight excluding hydrogens is 296 g/mol. The number of hydrogen-bond acceptors (Lipinski definition) is 4. The van der Waals surface area contributed by atoms with Crippen molar-refractivity contribution in [2.24, 2.45) is 0 Å². The Balaban J connectivity index is 2.13. The van der Waals surface area contributed by atoms with Gasteiger partial charge in [-0.05, 0) is 30.7 Å². The molecule has 3 nitrogen and oxygen atoms in total. The minimum absolute atomic E-state index is 0.231. The maximum Gasteiger partial charge on any atom is 0.317 e. The summed E-state index contributed by atoms with van der Waals surface area (Å²) in [7, 11) is 1.37. The molecule has 0 aliphatic carbocycles. The molecule has 1 heterocycles. The number of aryl methyl sites for hydroxylation is 1. The zero-order valence-corrected chi connectivity index (χ0v) is 12.8. The molecule has 2 aromatic rings. The number of halogens is 1. The molecular formula is C15H15ClO3S. The highest BCUT2D eigenvalue weighted by atomic mass is 35.5. The molecule has 0 aliphatic heterocycles. The van der Waals surface area contributed by atoms with Crippen LogP contribution in [0.1, 0.15) is 16.4 Å². The third-order valence-corrected chi connectivity index (χ3v) is 4.27. The van der Waals surface area contributed by atoms with Gasteiger partial charge in [0.25, 0.3) is 0 Å². The zero-order valence-electron chi connectivity index (χ0n) is 11.3. The molecule has 2 rings (SSSR count). The summed E-state index contributed by atoms with van der Waals surface area (Å²) in [6.07, 6.45) is 0. The van der Waals surface area contributed by atoms with Crippen LogP contribution in [0.4, 0.5) is 0 Å². The van der Waals surface area contributed by atoms with Crippen LogP contribution in [0, 0.1) is 6.92 Å². The maximum absolute atomic E-state index is 11.9. The Hall–Kier alpha value is -1.52. The summed E-state index contributed by atoms with van der Waals surface area (Å²) < 4.78 is 11.2. The molecule has 0 radical (unpaired) electrons. The van der Waals surface area contributed by atoms with Crippen molar-refractivity contribution in [2.45, 2.75) is 12.8 Å². The number of ether oxygens (including phenoxy) is 2. The number of carbonyl (C=O) groups is 1. The topological polar surface area (TPSA) is 35.5 Å². The van der Waals surface area contributed by atoms with Gasteiger partial charge >= 0.3 is 5.97 Å². The van der Waals surface area contributed by atoms with Crippen LogP contribution in [0.15, 0.2) is 36.4 Å². The Bertz CT molecular complexity index is 594. The van der Waals surface area contributed by atoms with Gasteiger partial charge in [0.1, 0.15) is 18.3 Å². The summed E-state index contributed by atoms with van der Waals surface area (Å²) in [4.78, 5) is 12.7. The number of hydrogen-bond donors (Lipinski definition) is 0. The number of thiophene rings is 1. The summed E-state index contributed by atoms with van der Waals surface area (Å²) in [5.74, 6) is -0.0155. The van der Waals surface area contributed by atoms with E-state index in [1.165, 1.54) is 18.4 Å². The van der Waals surface area contributed by atoms with Crippen LogP contribution in [0.25, 0.3) is 0 Å². The standard InChI is InChI=1S/C15H15ClO3S/c1-10-5-3-4-6-12(10)19-9-11(15(17)18-2)13-7-8-14(16)20-13/h3-8,11H,9H2,1-2H3. The summed E-state index contributed by atoms with van der Waals surface area (Å²) in [5.41, 5.74) is 1.03. The fraction of sp³-hybridized carbons (Fsp3) is 0.267. The fourth-order valence-corrected chi connectivity index (χ4v) is 2.95. The normalized spacial score (nSPS) is 11.9. The molecule has 0 aliphatic rings. The molecule has 5 heteroatoms. The lowest BCUT2D eigenvalue weighted by Gasteiger charge is -2.15. The summed E-state index contributed by atoms with van der Waals surface area (Å²) >= 11 is 7.28. The van der Waals surface area contributed by atoms with E-state index < -0.39 is 5.92 Å². The van der Waals surface area contributed by atoms with Gasteiger partial charge in [-0.3, -0.25) is 4.79 Å². The minimum Gasteiger partial charge on any atom is -0.492 e. The van der Waals surface area contributed by atoms with Gasteiger partial charge in [0.05, 0.1) is 11.4 Å². The van der Waals surface area contributed by atoms with Gasteiger partial charge < -0.3 is 9.47 Å². The van der Waals surface area contributed by atoms with E-state index in [2.05, 4.69) is 0 Å². The van der Waals surface area contributed by atoms with Gasteiger partial charge in [-0.1, -0.05) is 29.8 Å². The average Bonchev–Trinajstić information content (AvgIpc) is 2.87. The van der Waals surface area contributed by atoms with Crippen molar-refractivity contribution >= 4 is 28.9 Å². The lowest BCUT2D eigenvalue weighted by atomic mass is 10.1. The minimum atomic E-state index is -0.461. The number of para-hydroxylation sites is 1. The number of esters is 1. The first kappa shape index (κ1) is 14.9.